The third-order valence-electron chi connectivity index (χ3n) is 1.05. The van der Waals surface area contributed by atoms with Gasteiger partial charge in [0.25, 0.3) is 0 Å². The molecule has 4 heteroatoms. The summed E-state index contributed by atoms with van der Waals surface area (Å²) in [6.07, 6.45) is 7.11. The number of hydrogen-bond donors (Lipinski definition) is 1. The first-order valence-corrected chi connectivity index (χ1v) is 5.78. The Kier molecular flexibility index (Phi) is 5.45. The van der Waals surface area contributed by atoms with Crippen molar-refractivity contribution in [2.24, 2.45) is 0 Å². The van der Waals surface area contributed by atoms with Crippen molar-refractivity contribution in [2.75, 3.05) is 12.8 Å². The highest BCUT2D eigenvalue weighted by Crippen LogP contribution is 1.85. The molecule has 0 rings (SSSR count). The van der Waals surface area contributed by atoms with Crippen molar-refractivity contribution in [3.8, 4) is 0 Å². The van der Waals surface area contributed by atoms with Gasteiger partial charge in [-0.15, -0.1) is 0 Å². The number of nitrogens with one attached hydrogen (secondary N) is 1. The van der Waals surface area contributed by atoms with E-state index < -0.39 is 9.84 Å². The predicted octanol–water partition coefficient (Wildman–Crippen LogP) is 1.06. The number of allylic oxidation sites excluding steroid dienone is 2. The second-order valence-electron chi connectivity index (χ2n) is 2.47. The molecule has 3 nitrogen and oxygen atoms in total. The van der Waals surface area contributed by atoms with Crippen LogP contribution in [0.15, 0.2) is 23.8 Å². The molecule has 0 aromatic carbocycles. The topological polar surface area (TPSA) is 46.2 Å². The first-order chi connectivity index (χ1) is 5.56. The zero-order valence-corrected chi connectivity index (χ0v) is 8.26. The monoisotopic (exact) mass is 189 g/mol. The van der Waals surface area contributed by atoms with Gasteiger partial charge in [-0.3, -0.25) is 0 Å². The summed E-state index contributed by atoms with van der Waals surface area (Å²) in [5, 5.41) is 4.16. The maximum Gasteiger partial charge on any atom is 0.168 e. The summed E-state index contributed by atoms with van der Waals surface area (Å²) in [7, 11) is -2.98. The Balaban J connectivity index is 3.68. The van der Waals surface area contributed by atoms with Crippen LogP contribution in [-0.4, -0.2) is 21.2 Å². The highest BCUT2D eigenvalue weighted by molar-refractivity contribution is 7.93. The van der Waals surface area contributed by atoms with E-state index in [2.05, 4.69) is 12.2 Å². The molecule has 1 N–H and O–H groups in total. The molecule has 0 saturated heterocycles. The SMILES string of the molecule is CCCN/C=C/C=C\S(C)(=O)=O. The summed E-state index contributed by atoms with van der Waals surface area (Å²) >= 11 is 0. The van der Waals surface area contributed by atoms with Crippen molar-refractivity contribution in [3.05, 3.63) is 23.8 Å². The fourth-order valence-electron chi connectivity index (χ4n) is 0.539. The summed E-state index contributed by atoms with van der Waals surface area (Å²) in [5.41, 5.74) is 0. The van der Waals surface area contributed by atoms with E-state index in [0.29, 0.717) is 0 Å². The predicted molar refractivity (Wildman–Crippen MR) is 51.4 cm³/mol. The van der Waals surface area contributed by atoms with E-state index in [9.17, 15) is 8.42 Å². The standard InChI is InChI=1S/C8H15NO2S/c1-3-6-9-7-4-5-8-12(2,10)11/h4-5,7-9H,3,6H2,1-2H3/b7-4+,8-5-. The smallest absolute Gasteiger partial charge is 0.168 e. The first kappa shape index (κ1) is 11.2. The molecule has 0 heterocycles. The summed E-state index contributed by atoms with van der Waals surface area (Å²) in [6, 6.07) is 0. The van der Waals surface area contributed by atoms with Crippen LogP contribution in [0.4, 0.5) is 0 Å². The molecule has 0 fully saturated rings. The Hall–Kier alpha value is -0.770. The molecule has 0 aliphatic heterocycles. The van der Waals surface area contributed by atoms with Gasteiger partial charge in [0, 0.05) is 18.2 Å². The minimum absolute atomic E-state index is 0.906. The lowest BCUT2D eigenvalue weighted by atomic mass is 10.5. The molecule has 0 saturated carbocycles. The molecule has 70 valence electrons. The van der Waals surface area contributed by atoms with Crippen LogP contribution < -0.4 is 5.32 Å². The molecule has 0 radical (unpaired) electrons. The lowest BCUT2D eigenvalue weighted by Gasteiger charge is -1.92. The van der Waals surface area contributed by atoms with E-state index in [0.717, 1.165) is 24.6 Å². The van der Waals surface area contributed by atoms with Gasteiger partial charge in [-0.1, -0.05) is 6.92 Å². The number of rotatable bonds is 5. The molecular weight excluding hydrogens is 174 g/mol. The number of hydrogen-bond acceptors (Lipinski definition) is 3. The molecule has 0 unspecified atom stereocenters. The van der Waals surface area contributed by atoms with Gasteiger partial charge < -0.3 is 5.32 Å². The Morgan fingerprint density at radius 2 is 2.00 bits per heavy atom. The Bertz CT molecular complexity index is 252. The van der Waals surface area contributed by atoms with E-state index in [1.54, 1.807) is 12.3 Å². The maximum absolute atomic E-state index is 10.6. The largest absolute Gasteiger partial charge is 0.391 e. The van der Waals surface area contributed by atoms with E-state index in [1.165, 1.54) is 6.08 Å². The number of sulfone groups is 1. The van der Waals surface area contributed by atoms with Gasteiger partial charge in [0.15, 0.2) is 9.84 Å². The molecule has 0 aromatic rings. The van der Waals surface area contributed by atoms with Crippen molar-refractivity contribution in [1.29, 1.82) is 0 Å². The third kappa shape index (κ3) is 9.23. The molecule has 0 amide bonds. The second kappa shape index (κ2) is 5.83. The fourth-order valence-corrected chi connectivity index (χ4v) is 0.916. The van der Waals surface area contributed by atoms with E-state index in [1.807, 2.05) is 0 Å². The van der Waals surface area contributed by atoms with Gasteiger partial charge in [-0.2, -0.15) is 0 Å². The van der Waals surface area contributed by atoms with Gasteiger partial charge >= 0.3 is 0 Å². The minimum Gasteiger partial charge on any atom is -0.391 e. The van der Waals surface area contributed by atoms with Crippen LogP contribution in [-0.2, 0) is 9.84 Å². The van der Waals surface area contributed by atoms with Crippen LogP contribution in [0.1, 0.15) is 13.3 Å². The molecule has 0 atom stereocenters. The molecule has 0 spiro atoms. The summed E-state index contributed by atoms with van der Waals surface area (Å²) in [6.45, 7) is 2.97. The van der Waals surface area contributed by atoms with Crippen molar-refractivity contribution in [3.63, 3.8) is 0 Å². The quantitative estimate of drug-likeness (QED) is 0.519. The van der Waals surface area contributed by atoms with Gasteiger partial charge in [0.2, 0.25) is 0 Å². The summed E-state index contributed by atoms with van der Waals surface area (Å²) < 4.78 is 21.2. The first-order valence-electron chi connectivity index (χ1n) is 3.83. The van der Waals surface area contributed by atoms with Crippen LogP contribution in [0.3, 0.4) is 0 Å². The van der Waals surface area contributed by atoms with Gasteiger partial charge in [0.1, 0.15) is 0 Å². The molecule has 12 heavy (non-hydrogen) atoms. The van der Waals surface area contributed by atoms with Gasteiger partial charge in [0.05, 0.1) is 0 Å². The maximum atomic E-state index is 10.6. The average molecular weight is 189 g/mol. The highest BCUT2D eigenvalue weighted by Gasteiger charge is 1.88. The van der Waals surface area contributed by atoms with Crippen LogP contribution in [0, 0.1) is 0 Å². The molecule has 0 aliphatic carbocycles. The average Bonchev–Trinajstić information content (AvgIpc) is 1.94. The van der Waals surface area contributed by atoms with Crippen LogP contribution in [0.5, 0.6) is 0 Å². The fraction of sp³-hybridized carbons (Fsp3) is 0.500. The zero-order chi connectivity index (χ0) is 9.45. The highest BCUT2D eigenvalue weighted by atomic mass is 32.2. The van der Waals surface area contributed by atoms with Crippen LogP contribution in [0.25, 0.3) is 0 Å². The second-order valence-corrected chi connectivity index (χ2v) is 4.40. The van der Waals surface area contributed by atoms with Gasteiger partial charge in [-0.25, -0.2) is 8.42 Å². The van der Waals surface area contributed by atoms with E-state index >= 15 is 0 Å². The molecule has 0 aliphatic rings. The molecule has 0 bridgehead atoms. The third-order valence-corrected chi connectivity index (χ3v) is 1.70. The van der Waals surface area contributed by atoms with Crippen molar-refractivity contribution >= 4 is 9.84 Å². The normalized spacial score (nSPS) is 12.8. The zero-order valence-electron chi connectivity index (χ0n) is 7.45. The van der Waals surface area contributed by atoms with Crippen molar-refractivity contribution in [1.82, 2.24) is 5.32 Å². The Labute approximate surface area is 74.1 Å². The van der Waals surface area contributed by atoms with Gasteiger partial charge in [-0.05, 0) is 24.8 Å². The molecular formula is C8H15NO2S. The Morgan fingerprint density at radius 3 is 2.50 bits per heavy atom. The lowest BCUT2D eigenvalue weighted by Crippen LogP contribution is -2.04. The lowest BCUT2D eigenvalue weighted by molar-refractivity contribution is 0.610. The van der Waals surface area contributed by atoms with Crippen molar-refractivity contribution < 1.29 is 8.42 Å². The summed E-state index contributed by atoms with van der Waals surface area (Å²) in [4.78, 5) is 0. The van der Waals surface area contributed by atoms with Crippen LogP contribution in [0.2, 0.25) is 0 Å². The van der Waals surface area contributed by atoms with Crippen LogP contribution >= 0.6 is 0 Å². The molecule has 0 aromatic heterocycles. The van der Waals surface area contributed by atoms with E-state index in [4.69, 9.17) is 0 Å². The Morgan fingerprint density at radius 1 is 1.33 bits per heavy atom. The minimum atomic E-state index is -2.98. The van der Waals surface area contributed by atoms with Crippen molar-refractivity contribution in [2.45, 2.75) is 13.3 Å². The van der Waals surface area contributed by atoms with E-state index in [-0.39, 0.29) is 0 Å². The summed E-state index contributed by atoms with van der Waals surface area (Å²) in [5.74, 6) is 0.